The van der Waals surface area contributed by atoms with Gasteiger partial charge in [0.1, 0.15) is 21.7 Å². The van der Waals surface area contributed by atoms with Crippen molar-refractivity contribution in [2.24, 2.45) is 0 Å². The van der Waals surface area contributed by atoms with Gasteiger partial charge in [-0.15, -0.1) is 0 Å². The molecule has 0 bridgehead atoms. The molecule has 3 heterocycles. The zero-order chi connectivity index (χ0) is 22.3. The molecule has 8 nitrogen and oxygen atoms in total. The van der Waals surface area contributed by atoms with Crippen LogP contribution in [0.25, 0.3) is 22.4 Å². The zero-order valence-corrected chi connectivity index (χ0v) is 19.0. The molecule has 1 amide bonds. The normalized spacial score (nSPS) is 15.3. The first-order valence-electron chi connectivity index (χ1n) is 9.80. The Morgan fingerprint density at radius 1 is 0.969 bits per heavy atom. The Bertz CT molecular complexity index is 1410. The minimum absolute atomic E-state index is 0.138. The van der Waals surface area contributed by atoms with Crippen LogP contribution in [0, 0.1) is 0 Å². The van der Waals surface area contributed by atoms with Gasteiger partial charge in [0.25, 0.3) is 5.91 Å². The largest absolute Gasteiger partial charge is 0.451 e. The van der Waals surface area contributed by atoms with Crippen LogP contribution in [0.15, 0.2) is 63.9 Å². The number of halogens is 1. The third-order valence-electron chi connectivity index (χ3n) is 5.35. The molecule has 2 aromatic heterocycles. The highest BCUT2D eigenvalue weighted by atomic mass is 35.5. The van der Waals surface area contributed by atoms with Gasteiger partial charge in [0.2, 0.25) is 10.0 Å². The molecular formula is C21H17ClN4O4S2. The standard InChI is InChI=1S/C21H17ClN4O4S2/c22-15-5-2-1-4-14(15)17-8-9-18(30-17)21(27)25-10-12-26(13-11-25)32(28,29)19-7-3-6-16-20(19)24-31-23-16/h1-9H,10-13H2. The van der Waals surface area contributed by atoms with Gasteiger partial charge in [0, 0.05) is 31.7 Å². The summed E-state index contributed by atoms with van der Waals surface area (Å²) in [4.78, 5) is 14.6. The SMILES string of the molecule is O=C(c1ccc(-c2ccccc2Cl)o1)N1CCN(S(=O)(=O)c2cccc3nsnc23)CC1. The molecule has 1 saturated heterocycles. The number of fused-ring (bicyclic) bond motifs is 1. The highest BCUT2D eigenvalue weighted by Crippen LogP contribution is 2.30. The Labute approximate surface area is 193 Å². The summed E-state index contributed by atoms with van der Waals surface area (Å²) in [6.07, 6.45) is 0. The molecule has 0 saturated carbocycles. The summed E-state index contributed by atoms with van der Waals surface area (Å²) < 4.78 is 41.7. The molecule has 0 N–H and O–H groups in total. The molecular weight excluding hydrogens is 472 g/mol. The van der Waals surface area contributed by atoms with E-state index in [1.165, 1.54) is 10.4 Å². The molecule has 1 aliphatic heterocycles. The Balaban J connectivity index is 1.30. The Morgan fingerprint density at radius 2 is 1.75 bits per heavy atom. The summed E-state index contributed by atoms with van der Waals surface area (Å²) in [5.41, 5.74) is 1.63. The van der Waals surface area contributed by atoms with E-state index >= 15 is 0 Å². The van der Waals surface area contributed by atoms with E-state index in [0.717, 1.165) is 11.7 Å². The van der Waals surface area contributed by atoms with Gasteiger partial charge >= 0.3 is 0 Å². The van der Waals surface area contributed by atoms with Crippen LogP contribution in [0.3, 0.4) is 0 Å². The van der Waals surface area contributed by atoms with E-state index in [1.54, 1.807) is 35.2 Å². The summed E-state index contributed by atoms with van der Waals surface area (Å²) in [6.45, 7) is 0.872. The molecule has 0 radical (unpaired) electrons. The fourth-order valence-corrected chi connectivity index (χ4v) is 6.08. The Kier molecular flexibility index (Phi) is 5.46. The molecule has 0 aliphatic carbocycles. The Morgan fingerprint density at radius 3 is 2.53 bits per heavy atom. The molecule has 2 aromatic carbocycles. The number of rotatable bonds is 4. The van der Waals surface area contributed by atoms with Crippen LogP contribution in [0.4, 0.5) is 0 Å². The van der Waals surface area contributed by atoms with E-state index in [-0.39, 0.29) is 42.7 Å². The quantitative estimate of drug-likeness (QED) is 0.434. The highest BCUT2D eigenvalue weighted by Gasteiger charge is 2.33. The summed E-state index contributed by atoms with van der Waals surface area (Å²) in [7, 11) is -3.75. The minimum Gasteiger partial charge on any atom is -0.451 e. The second kappa shape index (κ2) is 8.28. The predicted octanol–water partition coefficient (Wildman–Crippen LogP) is 3.75. The smallest absolute Gasteiger partial charge is 0.289 e. The van der Waals surface area contributed by atoms with Crippen LogP contribution in [-0.2, 0) is 10.0 Å². The fraction of sp³-hybridized carbons (Fsp3) is 0.190. The number of hydrogen-bond donors (Lipinski definition) is 0. The molecule has 0 unspecified atom stereocenters. The second-order valence-electron chi connectivity index (χ2n) is 7.23. The van der Waals surface area contributed by atoms with Gasteiger partial charge in [-0.05, 0) is 36.4 Å². The van der Waals surface area contributed by atoms with E-state index in [0.29, 0.717) is 27.4 Å². The lowest BCUT2D eigenvalue weighted by molar-refractivity contribution is 0.0667. The maximum atomic E-state index is 13.2. The van der Waals surface area contributed by atoms with Crippen molar-refractivity contribution in [3.05, 3.63) is 65.4 Å². The van der Waals surface area contributed by atoms with E-state index in [4.69, 9.17) is 16.0 Å². The number of carbonyl (C=O) groups is 1. The van der Waals surface area contributed by atoms with Crippen LogP contribution in [0.1, 0.15) is 10.6 Å². The third-order valence-corrected chi connectivity index (χ3v) is 8.15. The van der Waals surface area contributed by atoms with E-state index in [9.17, 15) is 13.2 Å². The van der Waals surface area contributed by atoms with Crippen LogP contribution in [-0.4, -0.2) is 58.5 Å². The van der Waals surface area contributed by atoms with Gasteiger partial charge in [-0.25, -0.2) is 8.42 Å². The third kappa shape index (κ3) is 3.69. The zero-order valence-electron chi connectivity index (χ0n) is 16.6. The van der Waals surface area contributed by atoms with Crippen molar-refractivity contribution < 1.29 is 17.6 Å². The lowest BCUT2D eigenvalue weighted by atomic mass is 10.2. The maximum Gasteiger partial charge on any atom is 0.289 e. The first-order valence-corrected chi connectivity index (χ1v) is 12.4. The number of hydrogen-bond acceptors (Lipinski definition) is 7. The molecule has 1 fully saturated rings. The summed E-state index contributed by atoms with van der Waals surface area (Å²) in [5, 5.41) is 0.532. The number of amides is 1. The summed E-state index contributed by atoms with van der Waals surface area (Å²) >= 11 is 7.19. The second-order valence-corrected chi connectivity index (χ2v) is 10.1. The predicted molar refractivity (Wildman–Crippen MR) is 121 cm³/mol. The van der Waals surface area contributed by atoms with Crippen molar-refractivity contribution in [1.29, 1.82) is 0 Å². The highest BCUT2D eigenvalue weighted by molar-refractivity contribution is 7.89. The lowest BCUT2D eigenvalue weighted by Crippen LogP contribution is -2.50. The van der Waals surface area contributed by atoms with Gasteiger partial charge in [-0.1, -0.05) is 29.8 Å². The topological polar surface area (TPSA) is 96.6 Å². The average molecular weight is 489 g/mol. The lowest BCUT2D eigenvalue weighted by Gasteiger charge is -2.33. The number of piperazine rings is 1. The van der Waals surface area contributed by atoms with Gasteiger partial charge in [-0.2, -0.15) is 13.1 Å². The Hall–Kier alpha value is -2.79. The van der Waals surface area contributed by atoms with Crippen LogP contribution < -0.4 is 0 Å². The number of nitrogens with zero attached hydrogens (tertiary/aromatic N) is 4. The van der Waals surface area contributed by atoms with Crippen molar-refractivity contribution in [2.45, 2.75) is 4.90 Å². The molecule has 164 valence electrons. The fourth-order valence-electron chi connectivity index (χ4n) is 3.67. The monoisotopic (exact) mass is 488 g/mol. The van der Waals surface area contributed by atoms with Crippen molar-refractivity contribution in [3.8, 4) is 11.3 Å². The maximum absolute atomic E-state index is 13.2. The van der Waals surface area contributed by atoms with Crippen LogP contribution in [0.5, 0.6) is 0 Å². The summed E-state index contributed by atoms with van der Waals surface area (Å²) in [5.74, 6) is 0.408. The van der Waals surface area contributed by atoms with Gasteiger partial charge in [0.05, 0.1) is 16.8 Å². The summed E-state index contributed by atoms with van der Waals surface area (Å²) in [6, 6.07) is 15.5. The number of sulfonamides is 1. The number of carbonyl (C=O) groups excluding carboxylic acids is 1. The van der Waals surface area contributed by atoms with Gasteiger partial charge < -0.3 is 9.32 Å². The van der Waals surface area contributed by atoms with E-state index in [2.05, 4.69) is 8.75 Å². The van der Waals surface area contributed by atoms with E-state index < -0.39 is 10.0 Å². The van der Waals surface area contributed by atoms with E-state index in [1.807, 2.05) is 18.2 Å². The van der Waals surface area contributed by atoms with Gasteiger partial charge in [-0.3, -0.25) is 4.79 Å². The number of furan rings is 1. The molecule has 5 rings (SSSR count). The molecule has 1 aliphatic rings. The van der Waals surface area contributed by atoms with Crippen molar-refractivity contribution in [2.75, 3.05) is 26.2 Å². The molecule has 4 aromatic rings. The first kappa shape index (κ1) is 21.1. The molecule has 0 atom stereocenters. The van der Waals surface area contributed by atoms with Crippen LogP contribution in [0.2, 0.25) is 5.02 Å². The van der Waals surface area contributed by atoms with Gasteiger partial charge in [0.15, 0.2) is 5.76 Å². The molecule has 32 heavy (non-hydrogen) atoms. The van der Waals surface area contributed by atoms with Crippen LogP contribution >= 0.6 is 23.3 Å². The van der Waals surface area contributed by atoms with Crippen molar-refractivity contribution in [3.63, 3.8) is 0 Å². The number of benzene rings is 2. The minimum atomic E-state index is -3.75. The molecule has 11 heteroatoms. The first-order chi connectivity index (χ1) is 15.4. The van der Waals surface area contributed by atoms with Crippen molar-refractivity contribution in [1.82, 2.24) is 18.0 Å². The average Bonchev–Trinajstić information content (AvgIpc) is 3.48. The molecule has 0 spiro atoms. The number of aromatic nitrogens is 2. The van der Waals surface area contributed by atoms with Crippen molar-refractivity contribution >= 4 is 50.3 Å².